The van der Waals surface area contributed by atoms with Gasteiger partial charge in [-0.2, -0.15) is 0 Å². The van der Waals surface area contributed by atoms with E-state index >= 15 is 0 Å². The van der Waals surface area contributed by atoms with Crippen LogP contribution in [-0.2, 0) is 12.8 Å². The van der Waals surface area contributed by atoms with Gasteiger partial charge in [0.25, 0.3) is 0 Å². The van der Waals surface area contributed by atoms with Crippen LogP contribution >= 0.6 is 0 Å². The second-order valence-electron chi connectivity index (χ2n) is 10.9. The summed E-state index contributed by atoms with van der Waals surface area (Å²) in [5, 5.41) is 31.4. The molecule has 0 radical (unpaired) electrons. The van der Waals surface area contributed by atoms with Crippen LogP contribution in [0.5, 0.6) is 0 Å². The third-order valence-electron chi connectivity index (χ3n) is 8.77. The summed E-state index contributed by atoms with van der Waals surface area (Å²) in [5.74, 6) is -0.0182. The number of aryl methyl sites for hydroxylation is 2. The Morgan fingerprint density at radius 3 is 1.62 bits per heavy atom. The van der Waals surface area contributed by atoms with Gasteiger partial charge in [-0.1, -0.05) is 98.1 Å². The summed E-state index contributed by atoms with van der Waals surface area (Å²) in [4.78, 5) is 0. The van der Waals surface area contributed by atoms with Gasteiger partial charge in [-0.15, -0.1) is 0 Å². The van der Waals surface area contributed by atoms with Gasteiger partial charge in [-0.3, -0.25) is 0 Å². The predicted molar refractivity (Wildman–Crippen MR) is 169 cm³/mol. The first-order valence-corrected chi connectivity index (χ1v) is 13.6. The van der Waals surface area contributed by atoms with Gasteiger partial charge in [0.2, 0.25) is 0 Å². The Kier molecular flexibility index (Phi) is 4.69. The highest BCUT2D eigenvalue weighted by Crippen LogP contribution is 2.45. The van der Waals surface area contributed by atoms with Gasteiger partial charge in [-0.05, 0) is 101 Å². The van der Waals surface area contributed by atoms with E-state index in [1.54, 1.807) is 0 Å². The Morgan fingerprint density at radius 1 is 0.475 bits per heavy atom. The van der Waals surface area contributed by atoms with Gasteiger partial charge in [-0.25, -0.2) is 0 Å². The summed E-state index contributed by atoms with van der Waals surface area (Å²) in [5.41, 5.74) is 7.62. The molecule has 190 valence electrons. The van der Waals surface area contributed by atoms with Gasteiger partial charge in [0.15, 0.2) is 0 Å². The lowest BCUT2D eigenvalue weighted by atomic mass is 9.84. The highest BCUT2D eigenvalue weighted by atomic mass is 16.3. The van der Waals surface area contributed by atoms with E-state index < -0.39 is 0 Å². The fourth-order valence-electron chi connectivity index (χ4n) is 6.97. The molecular weight excluding hydrogens is 488 g/mol. The number of benzene rings is 7. The summed E-state index contributed by atoms with van der Waals surface area (Å²) in [7, 11) is 0. The van der Waals surface area contributed by atoms with Crippen LogP contribution in [0, 0.1) is 0 Å². The average Bonchev–Trinajstić information content (AvgIpc) is 3.40. The van der Waals surface area contributed by atoms with E-state index in [0.29, 0.717) is 11.1 Å². The van der Waals surface area contributed by atoms with Gasteiger partial charge in [0.1, 0.15) is 11.5 Å². The zero-order valence-electron chi connectivity index (χ0n) is 22.0. The van der Waals surface area contributed by atoms with Crippen LogP contribution in [0.15, 0.2) is 110 Å². The van der Waals surface area contributed by atoms with Gasteiger partial charge in [0.05, 0.1) is 0 Å². The van der Waals surface area contributed by atoms with Crippen molar-refractivity contribution >= 4 is 54.6 Å². The first kappa shape index (κ1) is 22.9. The molecule has 0 saturated carbocycles. The molecule has 0 fully saturated rings. The van der Waals surface area contributed by atoms with Crippen molar-refractivity contribution in [3.63, 3.8) is 0 Å². The van der Waals surface area contributed by atoms with Crippen molar-refractivity contribution in [2.75, 3.05) is 0 Å². The zero-order valence-corrected chi connectivity index (χ0v) is 22.0. The SMILES string of the molecule is C=C(O)c1cc(-c2ccc3ccc4cccc5ccc2c3c45)c(C(=C)O)cc1-c1ccc2c3c(cccc13)CC2. The van der Waals surface area contributed by atoms with Crippen LogP contribution in [0.25, 0.3) is 76.9 Å². The number of hydrogen-bond acceptors (Lipinski definition) is 2. The van der Waals surface area contributed by atoms with Crippen molar-refractivity contribution in [2.24, 2.45) is 0 Å². The van der Waals surface area contributed by atoms with Gasteiger partial charge < -0.3 is 10.2 Å². The Hall–Kier alpha value is -5.08. The predicted octanol–water partition coefficient (Wildman–Crippen LogP) is 10.2. The first-order chi connectivity index (χ1) is 19.5. The van der Waals surface area contributed by atoms with Crippen LogP contribution in [0.1, 0.15) is 22.3 Å². The zero-order chi connectivity index (χ0) is 27.1. The molecule has 0 bridgehead atoms. The molecule has 7 aromatic carbocycles. The van der Waals surface area contributed by atoms with Crippen LogP contribution in [0.2, 0.25) is 0 Å². The number of aliphatic hydroxyl groups is 2. The Bertz CT molecular complexity index is 2190. The van der Waals surface area contributed by atoms with E-state index in [4.69, 9.17) is 0 Å². The van der Waals surface area contributed by atoms with Gasteiger partial charge in [0, 0.05) is 11.1 Å². The summed E-state index contributed by atoms with van der Waals surface area (Å²) in [6.07, 6.45) is 2.09. The number of hydrogen-bond donors (Lipinski definition) is 2. The van der Waals surface area contributed by atoms with Crippen molar-refractivity contribution < 1.29 is 10.2 Å². The first-order valence-electron chi connectivity index (χ1n) is 13.6. The molecule has 0 heterocycles. The second kappa shape index (κ2) is 8.21. The highest BCUT2D eigenvalue weighted by Gasteiger charge is 2.22. The molecule has 0 aliphatic heterocycles. The summed E-state index contributed by atoms with van der Waals surface area (Å²) in [6, 6.07) is 34.0. The molecule has 1 aliphatic carbocycles. The topological polar surface area (TPSA) is 40.5 Å². The van der Waals surface area contributed by atoms with Crippen molar-refractivity contribution in [1.82, 2.24) is 0 Å². The second-order valence-corrected chi connectivity index (χ2v) is 10.9. The van der Waals surface area contributed by atoms with Crippen LogP contribution in [0.3, 0.4) is 0 Å². The maximum Gasteiger partial charge on any atom is 0.116 e. The summed E-state index contributed by atoms with van der Waals surface area (Å²) >= 11 is 0. The minimum atomic E-state index is -0.0111. The third kappa shape index (κ3) is 3.11. The molecule has 0 aromatic heterocycles. The monoisotopic (exact) mass is 514 g/mol. The lowest BCUT2D eigenvalue weighted by molar-refractivity contribution is 0.511. The smallest absolute Gasteiger partial charge is 0.116 e. The molecule has 0 amide bonds. The molecule has 0 saturated heterocycles. The van der Waals surface area contributed by atoms with E-state index in [0.717, 1.165) is 45.9 Å². The standard InChI is InChI=1S/C38H26O2/c1-21(39)32-20-35(29-17-14-27-12-10-24-5-3-6-25-15-18-31(29)38(27)37(24)25)33(22(2)40)19-34(32)28-16-13-26-11-9-23-7-4-8-30(28)36(23)26/h3-8,10,12-20,39-40H,1-2,9,11H2. The molecule has 0 atom stereocenters. The third-order valence-corrected chi connectivity index (χ3v) is 8.77. The minimum absolute atomic E-state index is 0.00711. The fraction of sp³-hybridized carbons (Fsp3) is 0.0526. The molecule has 0 spiro atoms. The van der Waals surface area contributed by atoms with Crippen LogP contribution in [0.4, 0.5) is 0 Å². The van der Waals surface area contributed by atoms with E-state index in [9.17, 15) is 10.2 Å². The Labute approximate surface area is 232 Å². The molecule has 1 aliphatic rings. The Balaban J connectivity index is 1.45. The maximum atomic E-state index is 10.9. The minimum Gasteiger partial charge on any atom is -0.508 e. The van der Waals surface area contributed by atoms with Crippen molar-refractivity contribution in [3.05, 3.63) is 132 Å². The number of aliphatic hydroxyl groups excluding tert-OH is 2. The lowest BCUT2D eigenvalue weighted by Crippen LogP contribution is -1.98. The van der Waals surface area contributed by atoms with Crippen LogP contribution in [-0.4, -0.2) is 10.2 Å². The van der Waals surface area contributed by atoms with Crippen molar-refractivity contribution in [2.45, 2.75) is 12.8 Å². The highest BCUT2D eigenvalue weighted by molar-refractivity contribution is 6.25. The molecule has 2 nitrogen and oxygen atoms in total. The van der Waals surface area contributed by atoms with Gasteiger partial charge >= 0.3 is 0 Å². The molecule has 2 heteroatoms. The van der Waals surface area contributed by atoms with E-state index in [1.165, 1.54) is 43.4 Å². The lowest BCUT2D eigenvalue weighted by Gasteiger charge is -2.20. The number of rotatable bonds is 4. The Morgan fingerprint density at radius 2 is 0.975 bits per heavy atom. The summed E-state index contributed by atoms with van der Waals surface area (Å²) < 4.78 is 0. The van der Waals surface area contributed by atoms with E-state index in [-0.39, 0.29) is 11.5 Å². The van der Waals surface area contributed by atoms with Crippen molar-refractivity contribution in [1.29, 1.82) is 0 Å². The quantitative estimate of drug-likeness (QED) is 0.181. The normalized spacial score (nSPS) is 12.7. The fourth-order valence-corrected chi connectivity index (χ4v) is 6.97. The maximum absolute atomic E-state index is 10.9. The largest absolute Gasteiger partial charge is 0.508 e. The molecule has 7 aromatic rings. The average molecular weight is 515 g/mol. The molecule has 8 rings (SSSR count). The van der Waals surface area contributed by atoms with E-state index in [2.05, 4.69) is 98.1 Å². The molecule has 0 unspecified atom stereocenters. The summed E-state index contributed by atoms with van der Waals surface area (Å²) in [6.45, 7) is 7.90. The molecule has 2 N–H and O–H groups in total. The molecule has 40 heavy (non-hydrogen) atoms. The van der Waals surface area contributed by atoms with E-state index in [1.807, 2.05) is 12.1 Å². The van der Waals surface area contributed by atoms with Crippen LogP contribution < -0.4 is 0 Å². The molecular formula is C38H26O2. The van der Waals surface area contributed by atoms with Crippen molar-refractivity contribution in [3.8, 4) is 22.3 Å².